The van der Waals surface area contributed by atoms with Gasteiger partial charge >= 0.3 is 0 Å². The van der Waals surface area contributed by atoms with Crippen molar-refractivity contribution in [2.45, 2.75) is 51.0 Å². The summed E-state index contributed by atoms with van der Waals surface area (Å²) in [6, 6.07) is 1.95. The summed E-state index contributed by atoms with van der Waals surface area (Å²) in [4.78, 5) is 3.84. The summed E-state index contributed by atoms with van der Waals surface area (Å²) in [6.45, 7) is 0. The Morgan fingerprint density at radius 3 is 2.50 bits per heavy atom. The largest absolute Gasteiger partial charge is 0.313 e. The lowest BCUT2D eigenvalue weighted by Gasteiger charge is -2.29. The number of pyridine rings is 1. The SMILES string of the molecule is CNC(c1ccncc1F)C1CCCCCCC1. The van der Waals surface area contributed by atoms with Crippen molar-refractivity contribution in [3.8, 4) is 0 Å². The van der Waals surface area contributed by atoms with E-state index in [1.807, 2.05) is 13.1 Å². The third kappa shape index (κ3) is 3.29. The van der Waals surface area contributed by atoms with E-state index >= 15 is 0 Å². The van der Waals surface area contributed by atoms with Gasteiger partial charge in [0, 0.05) is 17.8 Å². The molecule has 0 radical (unpaired) electrons. The molecule has 1 N–H and O–H groups in total. The zero-order valence-electron chi connectivity index (χ0n) is 11.2. The Morgan fingerprint density at radius 1 is 1.22 bits per heavy atom. The van der Waals surface area contributed by atoms with Crippen LogP contribution in [0.25, 0.3) is 0 Å². The molecule has 0 aromatic carbocycles. The maximum absolute atomic E-state index is 13.9. The van der Waals surface area contributed by atoms with Crippen LogP contribution >= 0.6 is 0 Å². The average molecular weight is 250 g/mol. The minimum absolute atomic E-state index is 0.131. The molecule has 1 heterocycles. The molecule has 1 fully saturated rings. The number of hydrogen-bond donors (Lipinski definition) is 1. The van der Waals surface area contributed by atoms with Gasteiger partial charge in [-0.1, -0.05) is 32.1 Å². The van der Waals surface area contributed by atoms with Crippen molar-refractivity contribution < 1.29 is 4.39 Å². The Labute approximate surface area is 109 Å². The third-order valence-electron chi connectivity index (χ3n) is 4.07. The van der Waals surface area contributed by atoms with Gasteiger partial charge in [-0.25, -0.2) is 4.39 Å². The second kappa shape index (κ2) is 6.83. The molecule has 18 heavy (non-hydrogen) atoms. The predicted octanol–water partition coefficient (Wildman–Crippen LogP) is 3.84. The van der Waals surface area contributed by atoms with E-state index in [4.69, 9.17) is 0 Å². The molecule has 1 aromatic rings. The van der Waals surface area contributed by atoms with E-state index in [1.165, 1.54) is 51.1 Å². The van der Waals surface area contributed by atoms with Crippen LogP contribution < -0.4 is 5.32 Å². The number of hydrogen-bond acceptors (Lipinski definition) is 2. The van der Waals surface area contributed by atoms with Gasteiger partial charge in [0.1, 0.15) is 5.82 Å². The highest BCUT2D eigenvalue weighted by Crippen LogP contribution is 2.33. The molecule has 0 aliphatic heterocycles. The minimum atomic E-state index is -0.182. The van der Waals surface area contributed by atoms with E-state index in [0.717, 1.165) is 5.56 Å². The van der Waals surface area contributed by atoms with Crippen LogP contribution in [0.4, 0.5) is 4.39 Å². The first kappa shape index (κ1) is 13.5. The van der Waals surface area contributed by atoms with Gasteiger partial charge < -0.3 is 5.32 Å². The lowest BCUT2D eigenvalue weighted by molar-refractivity contribution is 0.294. The number of halogens is 1. The molecule has 100 valence electrons. The maximum Gasteiger partial charge on any atom is 0.146 e. The van der Waals surface area contributed by atoms with Crippen molar-refractivity contribution in [1.82, 2.24) is 10.3 Å². The molecule has 1 atom stereocenters. The Bertz CT molecular complexity index is 359. The first-order chi connectivity index (χ1) is 8.83. The molecule has 2 rings (SSSR count). The van der Waals surface area contributed by atoms with Crippen molar-refractivity contribution in [1.29, 1.82) is 0 Å². The van der Waals surface area contributed by atoms with Gasteiger partial charge in [-0.15, -0.1) is 0 Å². The third-order valence-corrected chi connectivity index (χ3v) is 4.07. The zero-order chi connectivity index (χ0) is 12.8. The van der Waals surface area contributed by atoms with Gasteiger partial charge in [0.2, 0.25) is 0 Å². The monoisotopic (exact) mass is 250 g/mol. The summed E-state index contributed by atoms with van der Waals surface area (Å²) in [5.74, 6) is 0.367. The van der Waals surface area contributed by atoms with E-state index in [2.05, 4.69) is 10.3 Å². The van der Waals surface area contributed by atoms with Crippen LogP contribution in [0, 0.1) is 11.7 Å². The summed E-state index contributed by atoms with van der Waals surface area (Å²) in [5.41, 5.74) is 0.776. The second-order valence-electron chi connectivity index (χ2n) is 5.27. The highest BCUT2D eigenvalue weighted by atomic mass is 19.1. The molecule has 0 spiro atoms. The fourth-order valence-corrected chi connectivity index (χ4v) is 3.10. The zero-order valence-corrected chi connectivity index (χ0v) is 11.2. The van der Waals surface area contributed by atoms with Gasteiger partial charge in [-0.2, -0.15) is 0 Å². The van der Waals surface area contributed by atoms with Gasteiger partial charge in [-0.05, 0) is 31.9 Å². The molecule has 1 saturated carbocycles. The summed E-state index contributed by atoms with van der Waals surface area (Å²) in [6.07, 6.45) is 12.0. The van der Waals surface area contributed by atoms with Crippen molar-refractivity contribution >= 4 is 0 Å². The quantitative estimate of drug-likeness (QED) is 0.881. The molecule has 1 aromatic heterocycles. The molecule has 1 aliphatic carbocycles. The van der Waals surface area contributed by atoms with Gasteiger partial charge in [-0.3, -0.25) is 4.98 Å². The highest BCUT2D eigenvalue weighted by Gasteiger charge is 2.24. The Balaban J connectivity index is 2.13. The van der Waals surface area contributed by atoms with E-state index in [0.29, 0.717) is 5.92 Å². The summed E-state index contributed by atoms with van der Waals surface area (Å²) >= 11 is 0. The summed E-state index contributed by atoms with van der Waals surface area (Å²) in [7, 11) is 1.93. The normalized spacial score (nSPS) is 20.1. The fraction of sp³-hybridized carbons (Fsp3) is 0.667. The van der Waals surface area contributed by atoms with E-state index in [9.17, 15) is 4.39 Å². The molecule has 0 amide bonds. The second-order valence-corrected chi connectivity index (χ2v) is 5.27. The number of aromatic nitrogens is 1. The van der Waals surface area contributed by atoms with Crippen LogP contribution in [0.3, 0.4) is 0 Å². The molecule has 1 unspecified atom stereocenters. The molecule has 2 nitrogen and oxygen atoms in total. The van der Waals surface area contributed by atoms with Gasteiger partial charge in [0.25, 0.3) is 0 Å². The molecule has 0 saturated heterocycles. The summed E-state index contributed by atoms with van der Waals surface area (Å²) in [5, 5.41) is 3.31. The standard InChI is InChI=1S/C15H23FN2/c1-17-15(13-9-10-18-11-14(13)16)12-7-5-3-2-4-6-8-12/h9-12,15,17H,2-8H2,1H3. The fourth-order valence-electron chi connectivity index (χ4n) is 3.10. The highest BCUT2D eigenvalue weighted by molar-refractivity contribution is 5.18. The Morgan fingerprint density at radius 2 is 1.89 bits per heavy atom. The van der Waals surface area contributed by atoms with Crippen LogP contribution in [-0.4, -0.2) is 12.0 Å². The number of rotatable bonds is 3. The van der Waals surface area contributed by atoms with Crippen LogP contribution in [0.15, 0.2) is 18.5 Å². The number of nitrogens with zero attached hydrogens (tertiary/aromatic N) is 1. The molecule has 1 aliphatic rings. The van der Waals surface area contributed by atoms with Crippen molar-refractivity contribution in [3.63, 3.8) is 0 Å². The lowest BCUT2D eigenvalue weighted by atomic mass is 9.83. The first-order valence-corrected chi connectivity index (χ1v) is 7.09. The Kier molecular flexibility index (Phi) is 5.12. The molecular weight excluding hydrogens is 227 g/mol. The van der Waals surface area contributed by atoms with Crippen LogP contribution in [0.1, 0.15) is 56.6 Å². The van der Waals surface area contributed by atoms with Crippen LogP contribution in [0.5, 0.6) is 0 Å². The van der Waals surface area contributed by atoms with Gasteiger partial charge in [0.15, 0.2) is 0 Å². The van der Waals surface area contributed by atoms with Crippen molar-refractivity contribution in [2.24, 2.45) is 5.92 Å². The minimum Gasteiger partial charge on any atom is -0.313 e. The Hall–Kier alpha value is -0.960. The van der Waals surface area contributed by atoms with Crippen molar-refractivity contribution in [3.05, 3.63) is 29.8 Å². The predicted molar refractivity (Wildman–Crippen MR) is 71.8 cm³/mol. The first-order valence-electron chi connectivity index (χ1n) is 7.09. The maximum atomic E-state index is 13.9. The molecular formula is C15H23FN2. The summed E-state index contributed by atoms with van der Waals surface area (Å²) < 4.78 is 13.9. The average Bonchev–Trinajstić information content (AvgIpc) is 2.34. The van der Waals surface area contributed by atoms with Crippen LogP contribution in [0.2, 0.25) is 0 Å². The van der Waals surface area contributed by atoms with E-state index < -0.39 is 0 Å². The van der Waals surface area contributed by atoms with Crippen molar-refractivity contribution in [2.75, 3.05) is 7.05 Å². The van der Waals surface area contributed by atoms with Crippen LogP contribution in [-0.2, 0) is 0 Å². The molecule has 0 bridgehead atoms. The van der Waals surface area contributed by atoms with E-state index in [1.54, 1.807) is 6.20 Å². The smallest absolute Gasteiger partial charge is 0.146 e. The lowest BCUT2D eigenvalue weighted by Crippen LogP contribution is -2.27. The van der Waals surface area contributed by atoms with Gasteiger partial charge in [0.05, 0.1) is 6.20 Å². The molecule has 3 heteroatoms. The topological polar surface area (TPSA) is 24.9 Å². The number of nitrogens with one attached hydrogen (secondary N) is 1. The van der Waals surface area contributed by atoms with E-state index in [-0.39, 0.29) is 11.9 Å².